The van der Waals surface area contributed by atoms with Crippen LogP contribution in [0.15, 0.2) is 5.11 Å². The van der Waals surface area contributed by atoms with Crippen LogP contribution in [-0.2, 0) is 4.74 Å². The predicted molar refractivity (Wildman–Crippen MR) is 46.4 cm³/mol. The fraction of sp³-hybridized carbons (Fsp3) is 1.00. The average molecular weight is 159 g/mol. The van der Waals surface area contributed by atoms with Gasteiger partial charge in [-0.25, -0.2) is 0 Å². The standard InChI is InChI=1S/C6H13N3O.CH4/c1-6(2,3)10-5-4-8-9-7;/h4-5H2,1-3H3;1H4. The van der Waals surface area contributed by atoms with Crippen LogP contribution in [-0.4, -0.2) is 18.8 Å². The normalized spacial score (nSPS) is 9.73. The molecule has 0 saturated heterocycles. The van der Waals surface area contributed by atoms with Crippen molar-refractivity contribution in [3.63, 3.8) is 0 Å². The summed E-state index contributed by atoms with van der Waals surface area (Å²) in [5.41, 5.74) is 7.76. The molecule has 0 N–H and O–H groups in total. The Balaban J connectivity index is 0. The van der Waals surface area contributed by atoms with Crippen molar-refractivity contribution in [2.45, 2.75) is 33.8 Å². The Morgan fingerprint density at radius 1 is 1.45 bits per heavy atom. The minimum atomic E-state index is -0.134. The summed E-state index contributed by atoms with van der Waals surface area (Å²) in [7, 11) is 0. The van der Waals surface area contributed by atoms with Crippen LogP contribution in [0.25, 0.3) is 10.4 Å². The Morgan fingerprint density at radius 2 is 2.00 bits per heavy atom. The molecule has 11 heavy (non-hydrogen) atoms. The molecule has 0 saturated carbocycles. The first kappa shape index (κ1) is 12.9. The van der Waals surface area contributed by atoms with Gasteiger partial charge < -0.3 is 4.74 Å². The Hall–Kier alpha value is -0.730. The van der Waals surface area contributed by atoms with Crippen molar-refractivity contribution in [1.29, 1.82) is 0 Å². The Kier molecular flexibility index (Phi) is 7.05. The monoisotopic (exact) mass is 159 g/mol. The highest BCUT2D eigenvalue weighted by Crippen LogP contribution is 2.05. The van der Waals surface area contributed by atoms with E-state index < -0.39 is 0 Å². The number of rotatable bonds is 3. The molecule has 0 aromatic carbocycles. The third-order valence-electron chi connectivity index (χ3n) is 0.790. The molecule has 4 heteroatoms. The quantitative estimate of drug-likeness (QED) is 0.270. The van der Waals surface area contributed by atoms with Crippen molar-refractivity contribution in [2.24, 2.45) is 5.11 Å². The van der Waals surface area contributed by atoms with E-state index >= 15 is 0 Å². The molecule has 0 aliphatic heterocycles. The van der Waals surface area contributed by atoms with Crippen LogP contribution in [0.2, 0.25) is 0 Å². The molecule has 0 spiro atoms. The molecule has 0 heterocycles. The van der Waals surface area contributed by atoms with Gasteiger partial charge in [0.25, 0.3) is 0 Å². The van der Waals surface area contributed by atoms with Crippen molar-refractivity contribution in [3.05, 3.63) is 10.4 Å². The Bertz CT molecular complexity index is 133. The maximum atomic E-state index is 7.90. The molecular formula is C7H17N3O. The zero-order chi connectivity index (χ0) is 8.04. The second-order valence-electron chi connectivity index (χ2n) is 2.92. The minimum absolute atomic E-state index is 0. The largest absolute Gasteiger partial charge is 0.376 e. The molecule has 0 aromatic heterocycles. The molecule has 0 aromatic rings. The van der Waals surface area contributed by atoms with Crippen molar-refractivity contribution in [3.8, 4) is 0 Å². The Labute approximate surface area is 68.2 Å². The molecule has 0 rings (SSSR count). The first-order valence-electron chi connectivity index (χ1n) is 3.21. The van der Waals surface area contributed by atoms with E-state index in [0.717, 1.165) is 0 Å². The first-order chi connectivity index (χ1) is 4.56. The summed E-state index contributed by atoms with van der Waals surface area (Å²) in [5, 5.41) is 3.33. The average Bonchev–Trinajstić information content (AvgIpc) is 1.78. The van der Waals surface area contributed by atoms with Gasteiger partial charge in [0.1, 0.15) is 0 Å². The van der Waals surface area contributed by atoms with Crippen molar-refractivity contribution in [2.75, 3.05) is 13.2 Å². The summed E-state index contributed by atoms with van der Waals surface area (Å²) in [6, 6.07) is 0. The maximum absolute atomic E-state index is 7.90. The summed E-state index contributed by atoms with van der Waals surface area (Å²) < 4.78 is 5.27. The van der Waals surface area contributed by atoms with Crippen LogP contribution >= 0.6 is 0 Å². The van der Waals surface area contributed by atoms with Crippen molar-refractivity contribution >= 4 is 0 Å². The lowest BCUT2D eigenvalue weighted by Crippen LogP contribution is -2.20. The predicted octanol–water partition coefficient (Wildman–Crippen LogP) is 2.75. The second kappa shape index (κ2) is 6.01. The van der Waals surface area contributed by atoms with E-state index in [1.807, 2.05) is 20.8 Å². The smallest absolute Gasteiger partial charge is 0.0598 e. The molecule has 66 valence electrons. The van der Waals surface area contributed by atoms with E-state index in [1.165, 1.54) is 0 Å². The van der Waals surface area contributed by atoms with Crippen LogP contribution in [0.5, 0.6) is 0 Å². The van der Waals surface area contributed by atoms with E-state index in [-0.39, 0.29) is 13.0 Å². The lowest BCUT2D eigenvalue weighted by Gasteiger charge is -2.18. The number of azide groups is 1. The van der Waals surface area contributed by atoms with Gasteiger partial charge in [-0.05, 0) is 26.3 Å². The van der Waals surface area contributed by atoms with Gasteiger partial charge in [-0.1, -0.05) is 12.5 Å². The maximum Gasteiger partial charge on any atom is 0.0598 e. The van der Waals surface area contributed by atoms with Crippen LogP contribution in [0.4, 0.5) is 0 Å². The summed E-state index contributed by atoms with van der Waals surface area (Å²) in [5.74, 6) is 0. The molecule has 0 unspecified atom stereocenters. The SMILES string of the molecule is C.CC(C)(C)OCCN=[N+]=[N-]. The molecule has 0 fully saturated rings. The van der Waals surface area contributed by atoms with Gasteiger partial charge >= 0.3 is 0 Å². The molecule has 4 nitrogen and oxygen atoms in total. The summed E-state index contributed by atoms with van der Waals surface area (Å²) >= 11 is 0. The molecule has 0 amide bonds. The molecular weight excluding hydrogens is 142 g/mol. The topological polar surface area (TPSA) is 58.0 Å². The summed E-state index contributed by atoms with van der Waals surface area (Å²) in [6.45, 7) is 6.79. The lowest BCUT2D eigenvalue weighted by molar-refractivity contribution is 0.00200. The van der Waals surface area contributed by atoms with Gasteiger partial charge in [0, 0.05) is 11.5 Å². The van der Waals surface area contributed by atoms with Crippen LogP contribution in [0.3, 0.4) is 0 Å². The number of nitrogens with zero attached hydrogens (tertiary/aromatic N) is 3. The molecule has 0 radical (unpaired) electrons. The van der Waals surface area contributed by atoms with E-state index in [1.54, 1.807) is 0 Å². The molecule has 0 bridgehead atoms. The highest BCUT2D eigenvalue weighted by molar-refractivity contribution is 4.58. The highest BCUT2D eigenvalue weighted by Gasteiger charge is 2.07. The van der Waals surface area contributed by atoms with E-state index in [9.17, 15) is 0 Å². The van der Waals surface area contributed by atoms with Gasteiger partial charge in [0.05, 0.1) is 12.2 Å². The third kappa shape index (κ3) is 12.5. The minimum Gasteiger partial charge on any atom is -0.376 e. The molecule has 0 aliphatic rings. The number of ether oxygens (including phenoxy) is 1. The number of hydrogen-bond acceptors (Lipinski definition) is 2. The Morgan fingerprint density at radius 3 is 2.36 bits per heavy atom. The van der Waals surface area contributed by atoms with Crippen molar-refractivity contribution in [1.82, 2.24) is 0 Å². The fourth-order valence-corrected chi connectivity index (χ4v) is 0.437. The van der Waals surface area contributed by atoms with Gasteiger partial charge in [0.2, 0.25) is 0 Å². The van der Waals surface area contributed by atoms with E-state index in [0.29, 0.717) is 13.2 Å². The van der Waals surface area contributed by atoms with Gasteiger partial charge in [0.15, 0.2) is 0 Å². The van der Waals surface area contributed by atoms with Gasteiger partial charge in [-0.15, -0.1) is 0 Å². The molecule has 0 aliphatic carbocycles. The van der Waals surface area contributed by atoms with E-state index in [4.69, 9.17) is 10.3 Å². The van der Waals surface area contributed by atoms with Crippen LogP contribution in [0, 0.1) is 0 Å². The first-order valence-corrected chi connectivity index (χ1v) is 3.21. The second-order valence-corrected chi connectivity index (χ2v) is 2.92. The fourth-order valence-electron chi connectivity index (χ4n) is 0.437. The molecule has 0 atom stereocenters. The van der Waals surface area contributed by atoms with Gasteiger partial charge in [-0.3, -0.25) is 0 Å². The summed E-state index contributed by atoms with van der Waals surface area (Å²) in [6.07, 6.45) is 0. The van der Waals surface area contributed by atoms with Gasteiger partial charge in [-0.2, -0.15) is 0 Å². The highest BCUT2D eigenvalue weighted by atomic mass is 16.5. The van der Waals surface area contributed by atoms with Crippen LogP contribution in [0.1, 0.15) is 28.2 Å². The third-order valence-corrected chi connectivity index (χ3v) is 0.790. The zero-order valence-electron chi connectivity index (χ0n) is 6.66. The number of hydrogen-bond donors (Lipinski definition) is 0. The van der Waals surface area contributed by atoms with Crippen LogP contribution < -0.4 is 0 Å². The van der Waals surface area contributed by atoms with Crippen molar-refractivity contribution < 1.29 is 4.74 Å². The van der Waals surface area contributed by atoms with E-state index in [2.05, 4.69) is 10.0 Å². The lowest BCUT2D eigenvalue weighted by atomic mass is 10.2. The zero-order valence-corrected chi connectivity index (χ0v) is 6.66. The summed E-state index contributed by atoms with van der Waals surface area (Å²) in [4.78, 5) is 2.60.